The summed E-state index contributed by atoms with van der Waals surface area (Å²) in [5, 5.41) is 25.5. The first-order chi connectivity index (χ1) is 18.0. The SMILES string of the molecule is NC(=O)CCC(NC(=O)C(Cc1cnc[nH]1)NC(=O)C(CC(=O)O)NC(=O)C(N)Cc1cnc[nH]1)C(=O)O. The number of aliphatic carboxylic acids is 2. The molecule has 0 saturated heterocycles. The Morgan fingerprint density at radius 2 is 1.34 bits per heavy atom. The van der Waals surface area contributed by atoms with Crippen LogP contribution in [0.1, 0.15) is 30.7 Å². The number of carbonyl (C=O) groups is 6. The lowest BCUT2D eigenvalue weighted by molar-refractivity contribution is -0.143. The van der Waals surface area contributed by atoms with Gasteiger partial charge in [-0.1, -0.05) is 0 Å². The molecule has 0 aliphatic heterocycles. The number of nitrogens with two attached hydrogens (primary N) is 2. The molecular formula is C21H29N9O8. The molecule has 11 N–H and O–H groups in total. The number of hydrogen-bond acceptors (Lipinski definition) is 9. The van der Waals surface area contributed by atoms with Crippen LogP contribution in [-0.2, 0) is 41.6 Å². The number of primary amides is 1. The molecule has 0 fully saturated rings. The van der Waals surface area contributed by atoms with Crippen molar-refractivity contribution in [1.82, 2.24) is 35.9 Å². The minimum Gasteiger partial charge on any atom is -0.481 e. The van der Waals surface area contributed by atoms with Crippen LogP contribution in [0.4, 0.5) is 0 Å². The van der Waals surface area contributed by atoms with Crippen LogP contribution in [0.2, 0.25) is 0 Å². The third kappa shape index (κ3) is 9.69. The number of amides is 4. The average molecular weight is 536 g/mol. The van der Waals surface area contributed by atoms with E-state index in [0.717, 1.165) is 0 Å². The van der Waals surface area contributed by atoms with Gasteiger partial charge in [-0.15, -0.1) is 0 Å². The van der Waals surface area contributed by atoms with Crippen molar-refractivity contribution in [3.8, 4) is 0 Å². The zero-order valence-electron chi connectivity index (χ0n) is 20.0. The third-order valence-electron chi connectivity index (χ3n) is 5.25. The van der Waals surface area contributed by atoms with E-state index < -0.39 is 66.2 Å². The van der Waals surface area contributed by atoms with Crippen LogP contribution >= 0.6 is 0 Å². The Labute approximate surface area is 215 Å². The molecule has 2 aromatic rings. The predicted octanol–water partition coefficient (Wildman–Crippen LogP) is -3.48. The largest absolute Gasteiger partial charge is 0.481 e. The van der Waals surface area contributed by atoms with Crippen molar-refractivity contribution in [2.75, 3.05) is 0 Å². The second-order valence-electron chi connectivity index (χ2n) is 8.29. The Morgan fingerprint density at radius 1 is 0.816 bits per heavy atom. The first-order valence-corrected chi connectivity index (χ1v) is 11.3. The summed E-state index contributed by atoms with van der Waals surface area (Å²) in [6.45, 7) is 0. The van der Waals surface area contributed by atoms with Crippen molar-refractivity contribution in [2.45, 2.75) is 56.3 Å². The molecule has 4 unspecified atom stereocenters. The van der Waals surface area contributed by atoms with E-state index in [4.69, 9.17) is 11.5 Å². The van der Waals surface area contributed by atoms with E-state index in [9.17, 15) is 39.0 Å². The number of H-pyrrole nitrogens is 2. The van der Waals surface area contributed by atoms with E-state index in [1.165, 1.54) is 25.0 Å². The Hall–Kier alpha value is -4.80. The van der Waals surface area contributed by atoms with Gasteiger partial charge in [-0.2, -0.15) is 0 Å². The van der Waals surface area contributed by atoms with Gasteiger partial charge in [0.15, 0.2) is 0 Å². The highest BCUT2D eigenvalue weighted by Gasteiger charge is 2.32. The highest BCUT2D eigenvalue weighted by molar-refractivity contribution is 5.95. The number of carbonyl (C=O) groups excluding carboxylic acids is 4. The molecule has 17 heteroatoms. The first kappa shape index (κ1) is 29.4. The predicted molar refractivity (Wildman–Crippen MR) is 127 cm³/mol. The van der Waals surface area contributed by atoms with Gasteiger partial charge in [0.2, 0.25) is 23.6 Å². The van der Waals surface area contributed by atoms with Crippen molar-refractivity contribution in [3.05, 3.63) is 36.4 Å². The fourth-order valence-corrected chi connectivity index (χ4v) is 3.30. The summed E-state index contributed by atoms with van der Waals surface area (Å²) in [7, 11) is 0. The van der Waals surface area contributed by atoms with Crippen molar-refractivity contribution in [3.63, 3.8) is 0 Å². The molecule has 0 spiro atoms. The number of carboxylic acid groups (broad SMARTS) is 2. The zero-order chi connectivity index (χ0) is 28.2. The average Bonchev–Trinajstić information content (AvgIpc) is 3.54. The highest BCUT2D eigenvalue weighted by Crippen LogP contribution is 2.05. The normalized spacial score (nSPS) is 13.9. The third-order valence-corrected chi connectivity index (χ3v) is 5.25. The maximum Gasteiger partial charge on any atom is 0.326 e. The summed E-state index contributed by atoms with van der Waals surface area (Å²) < 4.78 is 0. The monoisotopic (exact) mass is 535 g/mol. The van der Waals surface area contributed by atoms with Gasteiger partial charge in [-0.25, -0.2) is 14.8 Å². The van der Waals surface area contributed by atoms with Gasteiger partial charge in [-0.05, 0) is 6.42 Å². The van der Waals surface area contributed by atoms with E-state index in [1.807, 2.05) is 0 Å². The number of hydrogen-bond donors (Lipinski definition) is 9. The molecule has 2 heterocycles. The first-order valence-electron chi connectivity index (χ1n) is 11.3. The summed E-state index contributed by atoms with van der Waals surface area (Å²) in [6.07, 6.45) is 3.89. The zero-order valence-corrected chi connectivity index (χ0v) is 20.0. The molecule has 0 aliphatic rings. The van der Waals surface area contributed by atoms with Crippen molar-refractivity contribution in [1.29, 1.82) is 0 Å². The van der Waals surface area contributed by atoms with Crippen molar-refractivity contribution in [2.24, 2.45) is 11.5 Å². The van der Waals surface area contributed by atoms with E-state index in [1.54, 1.807) is 0 Å². The summed E-state index contributed by atoms with van der Waals surface area (Å²) in [5.74, 6) is -6.42. The number of rotatable bonds is 16. The quantitative estimate of drug-likeness (QED) is 0.102. The van der Waals surface area contributed by atoms with Crippen LogP contribution in [0, 0.1) is 0 Å². The minimum atomic E-state index is -1.62. The molecular weight excluding hydrogens is 506 g/mol. The smallest absolute Gasteiger partial charge is 0.326 e. The second kappa shape index (κ2) is 14.1. The number of imidazole rings is 2. The number of nitrogens with one attached hydrogen (secondary N) is 5. The molecule has 0 aromatic carbocycles. The lowest BCUT2D eigenvalue weighted by Crippen LogP contribution is -2.58. The maximum absolute atomic E-state index is 13.0. The molecule has 38 heavy (non-hydrogen) atoms. The van der Waals surface area contributed by atoms with Gasteiger partial charge >= 0.3 is 11.9 Å². The van der Waals surface area contributed by atoms with Gasteiger partial charge in [0, 0.05) is 43.0 Å². The Kier molecular flexibility index (Phi) is 10.9. The highest BCUT2D eigenvalue weighted by atomic mass is 16.4. The van der Waals surface area contributed by atoms with Gasteiger partial charge in [0.25, 0.3) is 0 Å². The molecule has 2 rings (SSSR count). The number of aromatic amines is 2. The van der Waals surface area contributed by atoms with E-state index in [-0.39, 0.29) is 25.7 Å². The summed E-state index contributed by atoms with van der Waals surface area (Å²) in [6, 6.07) is -5.67. The number of carboxylic acids is 2. The second-order valence-corrected chi connectivity index (χ2v) is 8.29. The summed E-state index contributed by atoms with van der Waals surface area (Å²) in [5.41, 5.74) is 11.8. The molecule has 4 atom stereocenters. The molecule has 0 aliphatic carbocycles. The molecule has 0 saturated carbocycles. The molecule has 17 nitrogen and oxygen atoms in total. The topological polar surface area (TPSA) is 288 Å². The van der Waals surface area contributed by atoms with E-state index in [0.29, 0.717) is 11.4 Å². The Bertz CT molecular complexity index is 1120. The summed E-state index contributed by atoms with van der Waals surface area (Å²) in [4.78, 5) is 85.6. The lowest BCUT2D eigenvalue weighted by Gasteiger charge is -2.24. The molecule has 2 aromatic heterocycles. The molecule has 206 valence electrons. The van der Waals surface area contributed by atoms with Gasteiger partial charge in [0.05, 0.1) is 25.1 Å². The van der Waals surface area contributed by atoms with Crippen LogP contribution in [0.15, 0.2) is 25.0 Å². The number of nitrogens with zero attached hydrogens (tertiary/aromatic N) is 2. The fourth-order valence-electron chi connectivity index (χ4n) is 3.30. The van der Waals surface area contributed by atoms with Crippen LogP contribution in [-0.4, -0.2) is 89.9 Å². The van der Waals surface area contributed by atoms with Gasteiger partial charge < -0.3 is 47.6 Å². The van der Waals surface area contributed by atoms with Crippen LogP contribution < -0.4 is 27.4 Å². The minimum absolute atomic E-state index is 0.0278. The standard InChI is InChI=1S/C21H29N9O8/c22-12(3-10-6-24-8-26-10)18(34)29-15(5-17(32)33)20(36)30-14(4-11-7-25-9-27-11)19(35)28-13(21(37)38)1-2-16(23)31/h6-9,12-15H,1-5,22H2,(H2,23,31)(H,24,26)(H,25,27)(H,28,35)(H,29,34)(H,30,36)(H,32,33)(H,37,38). The molecule has 0 bridgehead atoms. The van der Waals surface area contributed by atoms with Gasteiger partial charge in [-0.3, -0.25) is 24.0 Å². The van der Waals surface area contributed by atoms with Crippen LogP contribution in [0.25, 0.3) is 0 Å². The van der Waals surface area contributed by atoms with Crippen molar-refractivity contribution >= 4 is 35.6 Å². The Balaban J connectivity index is 2.16. The fraction of sp³-hybridized carbons (Fsp3) is 0.429. The molecule has 4 amide bonds. The van der Waals surface area contributed by atoms with Crippen LogP contribution in [0.5, 0.6) is 0 Å². The molecule has 0 radical (unpaired) electrons. The Morgan fingerprint density at radius 3 is 1.84 bits per heavy atom. The van der Waals surface area contributed by atoms with Crippen molar-refractivity contribution < 1.29 is 39.0 Å². The van der Waals surface area contributed by atoms with E-state index >= 15 is 0 Å². The maximum atomic E-state index is 13.0. The summed E-state index contributed by atoms with van der Waals surface area (Å²) >= 11 is 0. The van der Waals surface area contributed by atoms with E-state index in [2.05, 4.69) is 35.9 Å². The lowest BCUT2D eigenvalue weighted by atomic mass is 10.1. The van der Waals surface area contributed by atoms with Gasteiger partial charge in [0.1, 0.15) is 18.1 Å². The van der Waals surface area contributed by atoms with Crippen LogP contribution in [0.3, 0.4) is 0 Å². The number of aromatic nitrogens is 4.